The largest absolute Gasteiger partial charge is 0.494 e. The molecule has 1 heterocycles. The predicted octanol–water partition coefficient (Wildman–Crippen LogP) is 1.24. The summed E-state index contributed by atoms with van der Waals surface area (Å²) >= 11 is 4.92. The van der Waals surface area contributed by atoms with E-state index in [9.17, 15) is 9.90 Å². The molecule has 0 aliphatic carbocycles. The number of allylic oxidation sites excluding steroid dienone is 1. The molecular formula is C10H13N3O2S. The van der Waals surface area contributed by atoms with Crippen molar-refractivity contribution in [3.8, 4) is 5.88 Å². The molecule has 1 rings (SSSR count). The zero-order chi connectivity index (χ0) is 12.1. The van der Waals surface area contributed by atoms with E-state index in [-0.39, 0.29) is 16.2 Å². The normalized spacial score (nSPS) is 10.8. The lowest BCUT2D eigenvalue weighted by atomic mass is 10.3. The van der Waals surface area contributed by atoms with Crippen LogP contribution in [0, 0.1) is 4.77 Å². The molecule has 0 amide bonds. The SMILES string of the molecule is C=CCn1c(O)c(C=NCC)c(=O)[nH]c1=S. The Hall–Kier alpha value is -1.69. The highest BCUT2D eigenvalue weighted by atomic mass is 32.1. The quantitative estimate of drug-likeness (QED) is 0.472. The molecule has 6 heteroatoms. The summed E-state index contributed by atoms with van der Waals surface area (Å²) in [4.78, 5) is 17.9. The fraction of sp³-hybridized carbons (Fsp3) is 0.300. The molecule has 5 nitrogen and oxygen atoms in total. The minimum absolute atomic E-state index is 0.109. The van der Waals surface area contributed by atoms with Gasteiger partial charge in [0.25, 0.3) is 5.56 Å². The van der Waals surface area contributed by atoms with E-state index in [1.807, 2.05) is 6.92 Å². The highest BCUT2D eigenvalue weighted by molar-refractivity contribution is 7.71. The monoisotopic (exact) mass is 239 g/mol. The first-order chi connectivity index (χ1) is 7.61. The molecule has 0 bridgehead atoms. The first kappa shape index (κ1) is 12.4. The Kier molecular flexibility index (Phi) is 4.19. The van der Waals surface area contributed by atoms with Crippen LogP contribution in [0.1, 0.15) is 12.5 Å². The molecule has 2 N–H and O–H groups in total. The Bertz CT molecular complexity index is 528. The summed E-state index contributed by atoms with van der Waals surface area (Å²) in [6.45, 7) is 6.25. The van der Waals surface area contributed by atoms with Gasteiger partial charge in [-0.05, 0) is 19.1 Å². The molecule has 0 spiro atoms. The number of hydrogen-bond acceptors (Lipinski definition) is 4. The van der Waals surface area contributed by atoms with Gasteiger partial charge in [-0.15, -0.1) is 6.58 Å². The number of aromatic hydroxyl groups is 1. The highest BCUT2D eigenvalue weighted by Gasteiger charge is 2.09. The van der Waals surface area contributed by atoms with Crippen molar-refractivity contribution < 1.29 is 5.11 Å². The second kappa shape index (κ2) is 5.41. The van der Waals surface area contributed by atoms with Crippen molar-refractivity contribution in [3.63, 3.8) is 0 Å². The van der Waals surface area contributed by atoms with Gasteiger partial charge < -0.3 is 5.11 Å². The third-order valence-electron chi connectivity index (χ3n) is 1.92. The van der Waals surface area contributed by atoms with Crippen molar-refractivity contribution in [2.75, 3.05) is 6.54 Å². The third kappa shape index (κ3) is 2.46. The molecule has 86 valence electrons. The van der Waals surface area contributed by atoms with Crippen LogP contribution in [-0.4, -0.2) is 27.4 Å². The number of H-pyrrole nitrogens is 1. The molecular weight excluding hydrogens is 226 g/mol. The lowest BCUT2D eigenvalue weighted by Crippen LogP contribution is -2.18. The van der Waals surface area contributed by atoms with Crippen LogP contribution in [0.15, 0.2) is 22.4 Å². The van der Waals surface area contributed by atoms with Crippen LogP contribution in [0.2, 0.25) is 0 Å². The van der Waals surface area contributed by atoms with Gasteiger partial charge in [0.15, 0.2) is 4.77 Å². The second-order valence-electron chi connectivity index (χ2n) is 3.02. The highest BCUT2D eigenvalue weighted by Crippen LogP contribution is 2.11. The van der Waals surface area contributed by atoms with Crippen molar-refractivity contribution in [2.24, 2.45) is 4.99 Å². The van der Waals surface area contributed by atoms with Gasteiger partial charge >= 0.3 is 0 Å². The van der Waals surface area contributed by atoms with Crippen LogP contribution in [0.4, 0.5) is 0 Å². The number of aliphatic imine (C=N–C) groups is 1. The number of nitrogens with one attached hydrogen (secondary N) is 1. The van der Waals surface area contributed by atoms with Gasteiger partial charge in [0.2, 0.25) is 5.88 Å². The molecule has 0 aliphatic rings. The zero-order valence-corrected chi connectivity index (χ0v) is 9.75. The Balaban J connectivity index is 3.44. The maximum absolute atomic E-state index is 11.5. The predicted molar refractivity (Wildman–Crippen MR) is 65.9 cm³/mol. The van der Waals surface area contributed by atoms with Gasteiger partial charge in [-0.3, -0.25) is 19.3 Å². The van der Waals surface area contributed by atoms with Crippen molar-refractivity contribution in [3.05, 3.63) is 33.3 Å². The summed E-state index contributed by atoms with van der Waals surface area (Å²) in [6, 6.07) is 0. The molecule has 0 atom stereocenters. The van der Waals surface area contributed by atoms with E-state index in [2.05, 4.69) is 16.6 Å². The topological polar surface area (TPSA) is 70.4 Å². The fourth-order valence-electron chi connectivity index (χ4n) is 1.17. The van der Waals surface area contributed by atoms with E-state index in [1.165, 1.54) is 10.8 Å². The summed E-state index contributed by atoms with van der Waals surface area (Å²) in [7, 11) is 0. The Morgan fingerprint density at radius 3 is 2.94 bits per heavy atom. The maximum Gasteiger partial charge on any atom is 0.264 e. The van der Waals surface area contributed by atoms with Crippen LogP contribution in [0.5, 0.6) is 5.88 Å². The first-order valence-corrected chi connectivity index (χ1v) is 5.19. The fourth-order valence-corrected chi connectivity index (χ4v) is 1.43. The van der Waals surface area contributed by atoms with E-state index in [0.717, 1.165) is 0 Å². The van der Waals surface area contributed by atoms with Crippen LogP contribution in [0.25, 0.3) is 0 Å². The number of aromatic nitrogens is 2. The minimum atomic E-state index is -0.444. The minimum Gasteiger partial charge on any atom is -0.494 e. The van der Waals surface area contributed by atoms with Crippen molar-refractivity contribution in [2.45, 2.75) is 13.5 Å². The average molecular weight is 239 g/mol. The van der Waals surface area contributed by atoms with Crippen molar-refractivity contribution in [1.82, 2.24) is 9.55 Å². The molecule has 0 saturated heterocycles. The standard InChI is InChI=1S/C10H13N3O2S/c1-3-5-13-9(15)7(6-11-4-2)8(14)12-10(13)16/h3,6,15H,1,4-5H2,2H3,(H,12,14,16). The summed E-state index contributed by atoms with van der Waals surface area (Å²) in [6.07, 6.45) is 2.91. The Labute approximate surface area is 97.8 Å². The lowest BCUT2D eigenvalue weighted by Gasteiger charge is -2.08. The molecule has 0 radical (unpaired) electrons. The summed E-state index contributed by atoms with van der Waals surface area (Å²) in [5, 5.41) is 9.85. The van der Waals surface area contributed by atoms with E-state index >= 15 is 0 Å². The number of rotatable bonds is 4. The molecule has 1 aromatic rings. The molecule has 1 aromatic heterocycles. The lowest BCUT2D eigenvalue weighted by molar-refractivity contribution is 0.413. The van der Waals surface area contributed by atoms with Crippen molar-refractivity contribution >= 4 is 18.4 Å². The van der Waals surface area contributed by atoms with E-state index in [4.69, 9.17) is 12.2 Å². The summed E-state index contributed by atoms with van der Waals surface area (Å²) in [5.41, 5.74) is -0.336. The van der Waals surface area contributed by atoms with Crippen LogP contribution >= 0.6 is 12.2 Å². The molecule has 0 fully saturated rings. The van der Waals surface area contributed by atoms with Gasteiger partial charge in [-0.25, -0.2) is 0 Å². The van der Waals surface area contributed by atoms with Gasteiger partial charge in [0.1, 0.15) is 5.56 Å². The summed E-state index contributed by atoms with van der Waals surface area (Å²) < 4.78 is 1.54. The number of hydrogen-bond donors (Lipinski definition) is 2. The average Bonchev–Trinajstić information content (AvgIpc) is 2.24. The second-order valence-corrected chi connectivity index (χ2v) is 3.41. The molecule has 0 unspecified atom stereocenters. The smallest absolute Gasteiger partial charge is 0.264 e. The van der Waals surface area contributed by atoms with Gasteiger partial charge in [-0.2, -0.15) is 0 Å². The molecule has 0 aliphatic heterocycles. The van der Waals surface area contributed by atoms with Crippen LogP contribution in [-0.2, 0) is 6.54 Å². The van der Waals surface area contributed by atoms with Crippen LogP contribution < -0.4 is 5.56 Å². The van der Waals surface area contributed by atoms with E-state index in [0.29, 0.717) is 13.1 Å². The van der Waals surface area contributed by atoms with Gasteiger partial charge in [0.05, 0.1) is 0 Å². The zero-order valence-electron chi connectivity index (χ0n) is 8.93. The van der Waals surface area contributed by atoms with E-state index in [1.54, 1.807) is 6.08 Å². The first-order valence-electron chi connectivity index (χ1n) is 4.78. The van der Waals surface area contributed by atoms with Crippen molar-refractivity contribution in [1.29, 1.82) is 0 Å². The Morgan fingerprint density at radius 1 is 1.69 bits per heavy atom. The van der Waals surface area contributed by atoms with Gasteiger partial charge in [0, 0.05) is 19.3 Å². The van der Waals surface area contributed by atoms with Gasteiger partial charge in [-0.1, -0.05) is 6.08 Å². The molecule has 0 saturated carbocycles. The Morgan fingerprint density at radius 2 is 2.38 bits per heavy atom. The maximum atomic E-state index is 11.5. The third-order valence-corrected chi connectivity index (χ3v) is 2.24. The molecule has 16 heavy (non-hydrogen) atoms. The summed E-state index contributed by atoms with van der Waals surface area (Å²) in [5.74, 6) is -0.189. The van der Waals surface area contributed by atoms with E-state index < -0.39 is 5.56 Å². The molecule has 0 aromatic carbocycles. The number of nitrogens with zero attached hydrogens (tertiary/aromatic N) is 2. The van der Waals surface area contributed by atoms with Crippen LogP contribution in [0.3, 0.4) is 0 Å². The number of aromatic amines is 1.